The van der Waals surface area contributed by atoms with Crippen LogP contribution in [0.1, 0.15) is 0 Å². The van der Waals surface area contributed by atoms with Gasteiger partial charge in [0.2, 0.25) is 0 Å². The normalized spacial score (nSPS) is 13.0. The monoisotopic (exact) mass is 396 g/mol. The minimum absolute atomic E-state index is 0.00662. The highest BCUT2D eigenvalue weighted by atomic mass is 35.5. The molecule has 0 radical (unpaired) electrons. The van der Waals surface area contributed by atoms with Gasteiger partial charge in [0.15, 0.2) is 0 Å². The van der Waals surface area contributed by atoms with Crippen LogP contribution >= 0.6 is 23.2 Å². The van der Waals surface area contributed by atoms with Gasteiger partial charge < -0.3 is 4.42 Å². The summed E-state index contributed by atoms with van der Waals surface area (Å²) in [6.07, 6.45) is 0. The maximum Gasteiger partial charge on any atom is 0.296 e. The summed E-state index contributed by atoms with van der Waals surface area (Å²) in [5.74, 6) is 0. The van der Waals surface area contributed by atoms with Crippen LogP contribution in [0.3, 0.4) is 0 Å². The molecule has 7 nitrogen and oxygen atoms in total. The van der Waals surface area contributed by atoms with Gasteiger partial charge in [0.25, 0.3) is 20.2 Å². The van der Waals surface area contributed by atoms with Crippen LogP contribution in [0.2, 0.25) is 10.0 Å². The maximum absolute atomic E-state index is 11.6. The zero-order valence-electron chi connectivity index (χ0n) is 10.8. The van der Waals surface area contributed by atoms with E-state index >= 15 is 0 Å². The predicted octanol–water partition coefficient (Wildman–Crippen LogP) is 3.39. The zero-order valence-corrected chi connectivity index (χ0v) is 14.0. The van der Waals surface area contributed by atoms with Crippen molar-refractivity contribution in [1.82, 2.24) is 0 Å². The molecule has 0 unspecified atom stereocenters. The van der Waals surface area contributed by atoms with Crippen LogP contribution in [0, 0.1) is 0 Å². The van der Waals surface area contributed by atoms with E-state index in [2.05, 4.69) is 0 Å². The predicted molar refractivity (Wildman–Crippen MR) is 83.4 cm³/mol. The highest BCUT2D eigenvalue weighted by Crippen LogP contribution is 2.39. The second-order valence-corrected chi connectivity index (χ2v) is 8.14. The number of halogens is 2. The van der Waals surface area contributed by atoms with Gasteiger partial charge in [0.05, 0.1) is 15.4 Å². The van der Waals surface area contributed by atoms with Crippen molar-refractivity contribution in [3.05, 3.63) is 34.3 Å². The molecule has 0 fully saturated rings. The molecule has 0 aliphatic carbocycles. The largest absolute Gasteiger partial charge is 0.456 e. The molecule has 3 aromatic rings. The van der Waals surface area contributed by atoms with Gasteiger partial charge in [0, 0.05) is 11.5 Å². The fraction of sp³-hybridized carbons (Fsp3) is 0. The van der Waals surface area contributed by atoms with Crippen LogP contribution in [0.4, 0.5) is 0 Å². The molecule has 1 aromatic heterocycles. The lowest BCUT2D eigenvalue weighted by Gasteiger charge is -2.03. The number of furan rings is 1. The molecule has 0 atom stereocenters. The van der Waals surface area contributed by atoms with Gasteiger partial charge in [-0.05, 0) is 18.2 Å². The molecule has 11 heteroatoms. The van der Waals surface area contributed by atoms with Crippen LogP contribution in [0.25, 0.3) is 21.9 Å². The number of rotatable bonds is 2. The molecule has 0 amide bonds. The Balaban J connectivity index is 2.62. The Morgan fingerprint density at radius 3 is 2.09 bits per heavy atom. The standard InChI is InChI=1S/C12H6Cl2O7S2/c13-6-1-2-8-11(12(6)23(18,19)20)5-3-10(22(15,16)17)7(14)4-9(5)21-8/h1-4H,(H,15,16,17)(H,18,19,20). The number of hydrogen-bond donors (Lipinski definition) is 2. The van der Waals surface area contributed by atoms with E-state index in [1.165, 1.54) is 12.1 Å². The topological polar surface area (TPSA) is 122 Å². The summed E-state index contributed by atoms with van der Waals surface area (Å²) in [6, 6.07) is 4.62. The van der Waals surface area contributed by atoms with Gasteiger partial charge >= 0.3 is 0 Å². The third kappa shape index (κ3) is 2.69. The molecule has 122 valence electrons. The Labute approximate surface area is 139 Å². The summed E-state index contributed by atoms with van der Waals surface area (Å²) in [4.78, 5) is -1.25. The van der Waals surface area contributed by atoms with Crippen LogP contribution in [0.15, 0.2) is 38.5 Å². The average molecular weight is 397 g/mol. The summed E-state index contributed by atoms with van der Waals surface area (Å²) in [5.41, 5.74) is 0.102. The molecule has 1 heterocycles. The van der Waals surface area contributed by atoms with Crippen molar-refractivity contribution in [3.63, 3.8) is 0 Å². The van der Waals surface area contributed by atoms with E-state index in [1.54, 1.807) is 0 Å². The van der Waals surface area contributed by atoms with Crippen LogP contribution in [0.5, 0.6) is 0 Å². The molecule has 3 rings (SSSR count). The second kappa shape index (κ2) is 5.07. The summed E-state index contributed by atoms with van der Waals surface area (Å²) < 4.78 is 69.9. The number of fused-ring (bicyclic) bond motifs is 3. The molecule has 0 aliphatic heterocycles. The summed E-state index contributed by atoms with van der Waals surface area (Å²) in [6.45, 7) is 0. The first-order chi connectivity index (χ1) is 10.5. The van der Waals surface area contributed by atoms with Gasteiger partial charge in [0.1, 0.15) is 21.0 Å². The molecule has 2 N–H and O–H groups in total. The van der Waals surface area contributed by atoms with Crippen molar-refractivity contribution in [2.24, 2.45) is 0 Å². The molecule has 23 heavy (non-hydrogen) atoms. The van der Waals surface area contributed by atoms with Crippen LogP contribution in [-0.2, 0) is 20.2 Å². The maximum atomic E-state index is 11.6. The summed E-state index contributed by atoms with van der Waals surface area (Å²) >= 11 is 11.6. The molecule has 0 aliphatic rings. The lowest BCUT2D eigenvalue weighted by atomic mass is 10.1. The van der Waals surface area contributed by atoms with Crippen molar-refractivity contribution in [2.45, 2.75) is 9.79 Å². The lowest BCUT2D eigenvalue weighted by Crippen LogP contribution is -2.00. The fourth-order valence-electron chi connectivity index (χ4n) is 2.26. The van der Waals surface area contributed by atoms with Crippen LogP contribution in [-0.4, -0.2) is 25.9 Å². The summed E-state index contributed by atoms with van der Waals surface area (Å²) in [5, 5.41) is -0.687. The van der Waals surface area contributed by atoms with E-state index in [0.29, 0.717) is 0 Å². The molecule has 2 aromatic carbocycles. The van der Waals surface area contributed by atoms with E-state index in [-0.39, 0.29) is 32.0 Å². The molecule has 0 bridgehead atoms. The van der Waals surface area contributed by atoms with Gasteiger partial charge in [-0.1, -0.05) is 23.2 Å². The first kappa shape index (κ1) is 16.5. The quantitative estimate of drug-likeness (QED) is 0.636. The Hall–Kier alpha value is -1.36. The lowest BCUT2D eigenvalue weighted by molar-refractivity contribution is 0.481. The molecular weight excluding hydrogens is 391 g/mol. The van der Waals surface area contributed by atoms with Crippen molar-refractivity contribution in [1.29, 1.82) is 0 Å². The second-order valence-electron chi connectivity index (χ2n) is 4.58. The van der Waals surface area contributed by atoms with Crippen molar-refractivity contribution < 1.29 is 30.4 Å². The minimum Gasteiger partial charge on any atom is -0.456 e. The third-order valence-corrected chi connectivity index (χ3v) is 5.82. The highest BCUT2D eigenvalue weighted by Gasteiger charge is 2.25. The van der Waals surface area contributed by atoms with E-state index < -0.39 is 30.0 Å². The molecule has 0 spiro atoms. The molecule has 0 saturated carbocycles. The first-order valence-electron chi connectivity index (χ1n) is 5.79. The van der Waals surface area contributed by atoms with Gasteiger partial charge in [-0.15, -0.1) is 0 Å². The Bertz CT molecular complexity index is 1180. The van der Waals surface area contributed by atoms with Crippen molar-refractivity contribution >= 4 is 65.4 Å². The van der Waals surface area contributed by atoms with E-state index in [9.17, 15) is 25.9 Å². The first-order valence-corrected chi connectivity index (χ1v) is 9.43. The minimum atomic E-state index is -4.72. The van der Waals surface area contributed by atoms with Crippen molar-refractivity contribution in [2.75, 3.05) is 0 Å². The van der Waals surface area contributed by atoms with Crippen LogP contribution < -0.4 is 0 Å². The van der Waals surface area contributed by atoms with Gasteiger partial charge in [-0.25, -0.2) is 0 Å². The number of benzene rings is 2. The Morgan fingerprint density at radius 2 is 1.52 bits per heavy atom. The van der Waals surface area contributed by atoms with Gasteiger partial charge in [-0.3, -0.25) is 9.11 Å². The van der Waals surface area contributed by atoms with Crippen molar-refractivity contribution in [3.8, 4) is 0 Å². The summed E-state index contributed by atoms with van der Waals surface area (Å²) in [7, 11) is -9.37. The Morgan fingerprint density at radius 1 is 0.870 bits per heavy atom. The average Bonchev–Trinajstić information content (AvgIpc) is 2.72. The zero-order chi connectivity index (χ0) is 17.2. The smallest absolute Gasteiger partial charge is 0.296 e. The highest BCUT2D eigenvalue weighted by molar-refractivity contribution is 7.86. The van der Waals surface area contributed by atoms with E-state index in [4.69, 9.17) is 27.6 Å². The Kier molecular flexibility index (Phi) is 3.63. The number of hydrogen-bond acceptors (Lipinski definition) is 5. The van der Waals surface area contributed by atoms with Gasteiger partial charge in [-0.2, -0.15) is 16.8 Å². The molecule has 0 saturated heterocycles. The fourth-order valence-corrected chi connectivity index (χ4v) is 4.51. The molecular formula is C12H6Cl2O7S2. The van der Waals surface area contributed by atoms with E-state index in [0.717, 1.165) is 12.1 Å². The third-order valence-electron chi connectivity index (χ3n) is 3.13. The van der Waals surface area contributed by atoms with E-state index in [1.807, 2.05) is 0 Å². The SMILES string of the molecule is O=S(=O)(O)c1cc2c(cc1Cl)oc1ccc(Cl)c(S(=O)(=O)O)c12.